The third-order valence-corrected chi connectivity index (χ3v) is 3.10. The number of carbonyl (C=O) groups is 2. The second-order valence-electron chi connectivity index (χ2n) is 3.89. The van der Waals surface area contributed by atoms with Gasteiger partial charge in [-0.3, -0.25) is 0 Å². The average Bonchev–Trinajstić information content (AvgIpc) is 2.78. The van der Waals surface area contributed by atoms with Crippen molar-refractivity contribution in [1.29, 1.82) is 0 Å². The third-order valence-electron chi connectivity index (χ3n) is 2.21. The van der Waals surface area contributed by atoms with E-state index in [0.29, 0.717) is 6.42 Å². The van der Waals surface area contributed by atoms with E-state index in [1.165, 1.54) is 0 Å². The Labute approximate surface area is 109 Å². The van der Waals surface area contributed by atoms with Crippen molar-refractivity contribution in [2.75, 3.05) is 6.54 Å². The molecule has 0 saturated heterocycles. The molecule has 0 aromatic carbocycles. The Morgan fingerprint density at radius 2 is 2.22 bits per heavy atom. The van der Waals surface area contributed by atoms with E-state index in [-0.39, 0.29) is 12.6 Å². The predicted octanol–water partition coefficient (Wildman–Crippen LogP) is 0.424. The first-order valence-corrected chi connectivity index (χ1v) is 6.34. The normalized spacial score (nSPS) is 13.7. The van der Waals surface area contributed by atoms with Crippen LogP contribution in [0, 0.1) is 0 Å². The van der Waals surface area contributed by atoms with Gasteiger partial charge in [-0.1, -0.05) is 6.07 Å². The molecule has 0 aliphatic heterocycles. The van der Waals surface area contributed by atoms with Crippen molar-refractivity contribution in [2.24, 2.45) is 0 Å². The summed E-state index contributed by atoms with van der Waals surface area (Å²) in [5.74, 6) is -1.36. The molecule has 2 amide bonds. The van der Waals surface area contributed by atoms with Gasteiger partial charge in [-0.25, -0.2) is 9.59 Å². The largest absolute Gasteiger partial charge is 0.479 e. The second-order valence-corrected chi connectivity index (χ2v) is 4.93. The molecule has 0 spiro atoms. The van der Waals surface area contributed by atoms with Crippen LogP contribution in [0.15, 0.2) is 17.5 Å². The van der Waals surface area contributed by atoms with Gasteiger partial charge in [0, 0.05) is 17.3 Å². The zero-order valence-electron chi connectivity index (χ0n) is 9.92. The van der Waals surface area contributed by atoms with Crippen molar-refractivity contribution in [3.05, 3.63) is 22.4 Å². The van der Waals surface area contributed by atoms with Crippen LogP contribution in [0.1, 0.15) is 11.8 Å². The lowest BCUT2D eigenvalue weighted by atomic mass is 10.2. The molecule has 7 heteroatoms. The Balaban J connectivity index is 2.25. The molecule has 0 bridgehead atoms. The van der Waals surface area contributed by atoms with Crippen LogP contribution in [0.25, 0.3) is 0 Å². The molecule has 1 heterocycles. The number of carboxylic acids is 1. The van der Waals surface area contributed by atoms with Crippen LogP contribution in [-0.2, 0) is 11.2 Å². The minimum Gasteiger partial charge on any atom is -0.479 e. The first kappa shape index (κ1) is 14.5. The highest BCUT2D eigenvalue weighted by Crippen LogP contribution is 2.10. The molecule has 2 atom stereocenters. The fourth-order valence-electron chi connectivity index (χ4n) is 1.33. The van der Waals surface area contributed by atoms with Crippen LogP contribution >= 0.6 is 11.3 Å². The van der Waals surface area contributed by atoms with Crippen LogP contribution in [-0.4, -0.2) is 40.9 Å². The molecule has 4 N–H and O–H groups in total. The number of hydrogen-bond donors (Lipinski definition) is 4. The SMILES string of the molecule is CC(Cc1cccs1)NC(=O)NCC(O)C(=O)O. The first-order valence-electron chi connectivity index (χ1n) is 5.46. The predicted molar refractivity (Wildman–Crippen MR) is 67.7 cm³/mol. The highest BCUT2D eigenvalue weighted by Gasteiger charge is 2.15. The molecule has 1 rings (SSSR count). The summed E-state index contributed by atoms with van der Waals surface area (Å²) in [5.41, 5.74) is 0. The lowest BCUT2D eigenvalue weighted by Gasteiger charge is -2.14. The summed E-state index contributed by atoms with van der Waals surface area (Å²) in [6, 6.07) is 3.37. The standard InChI is InChI=1S/C11H16N2O4S/c1-7(5-8-3-2-4-18-8)13-11(17)12-6-9(14)10(15)16/h2-4,7,9,14H,5-6H2,1H3,(H,15,16)(H2,12,13,17). The number of aliphatic hydroxyl groups excluding tert-OH is 1. The number of amides is 2. The number of thiophene rings is 1. The second kappa shape index (κ2) is 6.97. The van der Waals surface area contributed by atoms with Crippen molar-refractivity contribution in [3.8, 4) is 0 Å². The van der Waals surface area contributed by atoms with E-state index in [2.05, 4.69) is 10.6 Å². The summed E-state index contributed by atoms with van der Waals surface area (Å²) in [7, 11) is 0. The lowest BCUT2D eigenvalue weighted by Crippen LogP contribution is -2.45. The van der Waals surface area contributed by atoms with Crippen LogP contribution in [0.5, 0.6) is 0 Å². The lowest BCUT2D eigenvalue weighted by molar-refractivity contribution is -0.146. The quantitative estimate of drug-likeness (QED) is 0.603. The Morgan fingerprint density at radius 3 is 2.78 bits per heavy atom. The summed E-state index contributed by atoms with van der Waals surface area (Å²) in [5, 5.41) is 24.3. The minimum absolute atomic E-state index is 0.0642. The van der Waals surface area contributed by atoms with Gasteiger partial charge in [-0.2, -0.15) is 0 Å². The van der Waals surface area contributed by atoms with E-state index in [9.17, 15) is 9.59 Å². The zero-order chi connectivity index (χ0) is 13.5. The number of carbonyl (C=O) groups excluding carboxylic acids is 1. The van der Waals surface area contributed by atoms with Gasteiger partial charge in [0.05, 0.1) is 6.54 Å². The van der Waals surface area contributed by atoms with Gasteiger partial charge in [-0.15, -0.1) is 11.3 Å². The Kier molecular flexibility index (Phi) is 5.60. The van der Waals surface area contributed by atoms with E-state index in [1.54, 1.807) is 11.3 Å². The van der Waals surface area contributed by atoms with Crippen molar-refractivity contribution in [2.45, 2.75) is 25.5 Å². The molecule has 1 aromatic rings. The molecule has 0 fully saturated rings. The van der Waals surface area contributed by atoms with E-state index in [4.69, 9.17) is 10.2 Å². The van der Waals surface area contributed by atoms with E-state index < -0.39 is 18.1 Å². The number of rotatable bonds is 6. The van der Waals surface area contributed by atoms with Crippen LogP contribution in [0.3, 0.4) is 0 Å². The van der Waals surface area contributed by atoms with Crippen LogP contribution in [0.4, 0.5) is 4.79 Å². The van der Waals surface area contributed by atoms with Crippen LogP contribution < -0.4 is 10.6 Å². The molecule has 0 saturated carbocycles. The molecule has 0 aliphatic carbocycles. The maximum absolute atomic E-state index is 11.4. The van der Waals surface area contributed by atoms with E-state index in [0.717, 1.165) is 4.88 Å². The summed E-state index contributed by atoms with van der Waals surface area (Å²) in [4.78, 5) is 22.9. The van der Waals surface area contributed by atoms with Crippen molar-refractivity contribution in [1.82, 2.24) is 10.6 Å². The average molecular weight is 272 g/mol. The fraction of sp³-hybridized carbons (Fsp3) is 0.455. The summed E-state index contributed by atoms with van der Waals surface area (Å²) in [6.07, 6.45) is -0.865. The molecule has 0 aliphatic rings. The van der Waals surface area contributed by atoms with Crippen LogP contribution in [0.2, 0.25) is 0 Å². The molecule has 2 unspecified atom stereocenters. The summed E-state index contributed by atoms with van der Waals surface area (Å²) < 4.78 is 0. The molecule has 6 nitrogen and oxygen atoms in total. The first-order chi connectivity index (χ1) is 8.49. The molecular weight excluding hydrogens is 256 g/mol. The van der Waals surface area contributed by atoms with Gasteiger partial charge in [0.25, 0.3) is 0 Å². The monoisotopic (exact) mass is 272 g/mol. The summed E-state index contributed by atoms with van der Waals surface area (Å²) in [6.45, 7) is 1.54. The number of aliphatic carboxylic acids is 1. The Morgan fingerprint density at radius 1 is 1.50 bits per heavy atom. The van der Waals surface area contributed by atoms with E-state index in [1.807, 2.05) is 24.4 Å². The number of hydrogen-bond acceptors (Lipinski definition) is 4. The van der Waals surface area contributed by atoms with Gasteiger partial charge in [-0.05, 0) is 18.4 Å². The minimum atomic E-state index is -1.58. The van der Waals surface area contributed by atoms with Crippen molar-refractivity contribution < 1.29 is 19.8 Å². The highest BCUT2D eigenvalue weighted by atomic mass is 32.1. The number of nitrogens with one attached hydrogen (secondary N) is 2. The fourth-order valence-corrected chi connectivity index (χ4v) is 2.17. The molecule has 1 aromatic heterocycles. The number of urea groups is 1. The molecule has 18 heavy (non-hydrogen) atoms. The Hall–Kier alpha value is -1.60. The maximum Gasteiger partial charge on any atom is 0.334 e. The number of aliphatic hydroxyl groups is 1. The van der Waals surface area contributed by atoms with Gasteiger partial charge in [0.1, 0.15) is 0 Å². The zero-order valence-corrected chi connectivity index (χ0v) is 10.7. The van der Waals surface area contributed by atoms with Gasteiger partial charge < -0.3 is 20.8 Å². The van der Waals surface area contributed by atoms with Crippen molar-refractivity contribution >= 4 is 23.3 Å². The van der Waals surface area contributed by atoms with Gasteiger partial charge in [0.2, 0.25) is 0 Å². The maximum atomic E-state index is 11.4. The summed E-state index contributed by atoms with van der Waals surface area (Å²) >= 11 is 1.61. The molecular formula is C11H16N2O4S. The topological polar surface area (TPSA) is 98.7 Å². The van der Waals surface area contributed by atoms with E-state index >= 15 is 0 Å². The number of carboxylic acid groups (broad SMARTS) is 1. The molecule has 0 radical (unpaired) electrons. The highest BCUT2D eigenvalue weighted by molar-refractivity contribution is 7.09. The van der Waals surface area contributed by atoms with Crippen molar-refractivity contribution in [3.63, 3.8) is 0 Å². The third kappa shape index (κ3) is 5.15. The Bertz CT molecular complexity index is 394. The van der Waals surface area contributed by atoms with Gasteiger partial charge >= 0.3 is 12.0 Å². The molecule has 100 valence electrons. The smallest absolute Gasteiger partial charge is 0.334 e. The van der Waals surface area contributed by atoms with Gasteiger partial charge in [0.15, 0.2) is 6.10 Å².